The molecule has 2 saturated heterocycles. The third-order valence-electron chi connectivity index (χ3n) is 5.57. The number of imide groups is 1. The molecule has 0 spiro atoms. The lowest BCUT2D eigenvalue weighted by Gasteiger charge is -2.29. The maximum Gasteiger partial charge on any atom is 0.325 e. The quantitative estimate of drug-likeness (QED) is 0.761. The maximum absolute atomic E-state index is 13.1. The zero-order valence-corrected chi connectivity index (χ0v) is 15.9. The van der Waals surface area contributed by atoms with Crippen molar-refractivity contribution in [3.63, 3.8) is 0 Å². The van der Waals surface area contributed by atoms with Crippen LogP contribution in [-0.4, -0.2) is 72.3 Å². The molecule has 0 saturated carbocycles. The van der Waals surface area contributed by atoms with Crippen LogP contribution < -0.4 is 5.32 Å². The van der Waals surface area contributed by atoms with Gasteiger partial charge in [0, 0.05) is 19.6 Å². The predicted octanol–water partition coefficient (Wildman–Crippen LogP) is 1.30. The Bertz CT molecular complexity index is 896. The summed E-state index contributed by atoms with van der Waals surface area (Å²) in [6.07, 6.45) is -0.799. The topological polar surface area (TPSA) is 82.1 Å². The Morgan fingerprint density at radius 1 is 1.11 bits per heavy atom. The van der Waals surface area contributed by atoms with E-state index < -0.39 is 17.7 Å². The summed E-state index contributed by atoms with van der Waals surface area (Å²) < 4.78 is 5.30. The van der Waals surface area contributed by atoms with Crippen molar-refractivity contribution < 1.29 is 19.4 Å². The number of carbonyl (C=O) groups excluding carboxylic acids is 2. The van der Waals surface area contributed by atoms with Gasteiger partial charge in [-0.25, -0.2) is 4.79 Å². The summed E-state index contributed by atoms with van der Waals surface area (Å²) in [5.74, 6) is -0.339. The molecule has 4 rings (SSSR count). The predicted molar refractivity (Wildman–Crippen MR) is 105 cm³/mol. The summed E-state index contributed by atoms with van der Waals surface area (Å²) >= 11 is 0. The van der Waals surface area contributed by atoms with Gasteiger partial charge in [0.2, 0.25) is 0 Å². The van der Waals surface area contributed by atoms with Crippen molar-refractivity contribution in [2.75, 3.05) is 39.4 Å². The highest BCUT2D eigenvalue weighted by atomic mass is 16.5. The van der Waals surface area contributed by atoms with Crippen LogP contribution in [0.15, 0.2) is 42.5 Å². The number of fused-ring (bicyclic) bond motifs is 1. The number of hydrogen-bond donors (Lipinski definition) is 2. The number of ether oxygens (including phenoxy) is 1. The van der Waals surface area contributed by atoms with E-state index in [-0.39, 0.29) is 12.5 Å². The van der Waals surface area contributed by atoms with Crippen molar-refractivity contribution in [2.24, 2.45) is 0 Å². The molecule has 2 aliphatic rings. The van der Waals surface area contributed by atoms with Gasteiger partial charge in [-0.1, -0.05) is 36.4 Å². The zero-order chi connectivity index (χ0) is 19.7. The van der Waals surface area contributed by atoms with Crippen LogP contribution in [0.25, 0.3) is 10.8 Å². The summed E-state index contributed by atoms with van der Waals surface area (Å²) in [5, 5.41) is 15.3. The minimum absolute atomic E-state index is 0.0226. The van der Waals surface area contributed by atoms with E-state index in [0.717, 1.165) is 34.3 Å². The van der Waals surface area contributed by atoms with Crippen LogP contribution in [-0.2, 0) is 15.1 Å². The van der Waals surface area contributed by atoms with Gasteiger partial charge in [-0.3, -0.25) is 14.6 Å². The first kappa shape index (κ1) is 18.9. The molecule has 2 aromatic rings. The molecule has 2 N–H and O–H groups in total. The molecule has 2 heterocycles. The maximum atomic E-state index is 13.1. The lowest BCUT2D eigenvalue weighted by molar-refractivity contribution is -0.132. The van der Waals surface area contributed by atoms with Gasteiger partial charge >= 0.3 is 6.03 Å². The Morgan fingerprint density at radius 2 is 1.82 bits per heavy atom. The Hall–Kier alpha value is -2.48. The molecule has 0 bridgehead atoms. The summed E-state index contributed by atoms with van der Waals surface area (Å²) in [4.78, 5) is 28.8. The molecule has 7 nitrogen and oxygen atoms in total. The van der Waals surface area contributed by atoms with E-state index in [2.05, 4.69) is 10.2 Å². The first-order valence-electron chi connectivity index (χ1n) is 9.59. The van der Waals surface area contributed by atoms with Crippen molar-refractivity contribution in [1.29, 1.82) is 0 Å². The van der Waals surface area contributed by atoms with Gasteiger partial charge in [-0.2, -0.15) is 0 Å². The Labute approximate surface area is 163 Å². The van der Waals surface area contributed by atoms with Crippen molar-refractivity contribution in [1.82, 2.24) is 15.1 Å². The van der Waals surface area contributed by atoms with Crippen molar-refractivity contribution in [3.05, 3.63) is 48.0 Å². The fourth-order valence-corrected chi connectivity index (χ4v) is 3.91. The number of benzene rings is 2. The molecule has 0 radical (unpaired) electrons. The monoisotopic (exact) mass is 383 g/mol. The number of aliphatic hydroxyl groups is 1. The van der Waals surface area contributed by atoms with Crippen molar-refractivity contribution in [3.8, 4) is 0 Å². The number of hydrogen-bond acceptors (Lipinski definition) is 5. The number of nitrogens with zero attached hydrogens (tertiary/aromatic N) is 2. The van der Waals surface area contributed by atoms with E-state index >= 15 is 0 Å². The molecular weight excluding hydrogens is 358 g/mol. The van der Waals surface area contributed by atoms with E-state index in [4.69, 9.17) is 4.74 Å². The molecule has 0 unspecified atom stereocenters. The number of morpholine rings is 1. The number of urea groups is 1. The zero-order valence-electron chi connectivity index (χ0n) is 15.9. The van der Waals surface area contributed by atoms with Gasteiger partial charge in [0.25, 0.3) is 5.91 Å². The van der Waals surface area contributed by atoms with E-state index in [1.165, 1.54) is 0 Å². The first-order valence-corrected chi connectivity index (χ1v) is 9.59. The number of β-amino-alcohol motifs (C(OH)–C–C–N with tert-alkyl or cyclic N) is 1. The molecule has 148 valence electrons. The molecular formula is C21H25N3O4. The molecule has 0 aromatic heterocycles. The average Bonchev–Trinajstić information content (AvgIpc) is 2.92. The third kappa shape index (κ3) is 3.48. The fraction of sp³-hybridized carbons (Fsp3) is 0.429. The summed E-state index contributed by atoms with van der Waals surface area (Å²) in [7, 11) is 0. The van der Waals surface area contributed by atoms with Gasteiger partial charge in [0.15, 0.2) is 0 Å². The fourth-order valence-electron chi connectivity index (χ4n) is 3.91. The molecule has 3 amide bonds. The summed E-state index contributed by atoms with van der Waals surface area (Å²) in [5.41, 5.74) is -0.408. The van der Waals surface area contributed by atoms with Crippen LogP contribution in [0.4, 0.5) is 4.79 Å². The van der Waals surface area contributed by atoms with Crippen molar-refractivity contribution in [2.45, 2.75) is 18.6 Å². The van der Waals surface area contributed by atoms with Crippen LogP contribution in [0.1, 0.15) is 12.5 Å². The minimum Gasteiger partial charge on any atom is -0.390 e. The second-order valence-corrected chi connectivity index (χ2v) is 7.60. The summed E-state index contributed by atoms with van der Waals surface area (Å²) in [6, 6.07) is 13.2. The highest BCUT2D eigenvalue weighted by molar-refractivity contribution is 6.07. The Morgan fingerprint density at radius 3 is 2.57 bits per heavy atom. The number of rotatable bonds is 5. The van der Waals surface area contributed by atoms with Crippen LogP contribution in [0.3, 0.4) is 0 Å². The van der Waals surface area contributed by atoms with Gasteiger partial charge in [0.05, 0.1) is 25.9 Å². The molecule has 2 fully saturated rings. The first-order chi connectivity index (χ1) is 13.5. The second-order valence-electron chi connectivity index (χ2n) is 7.60. The Balaban J connectivity index is 1.50. The number of aliphatic hydroxyl groups excluding tert-OH is 1. The lowest BCUT2D eigenvalue weighted by atomic mass is 9.90. The standard InChI is InChI=1S/C21H25N3O4/c1-21(17-7-6-15-4-2-3-5-16(15)12-17)19(26)24(20(27)22-21)14-18(25)13-23-8-10-28-11-9-23/h2-7,12,18,25H,8-11,13-14H2,1H3,(H,22,27)/t18-,21-/m0/s1. The average molecular weight is 383 g/mol. The second kappa shape index (κ2) is 7.50. The number of nitrogens with one attached hydrogen (secondary N) is 1. The summed E-state index contributed by atoms with van der Waals surface area (Å²) in [6.45, 7) is 4.85. The SMILES string of the molecule is C[C@@]1(c2ccc3ccccc3c2)NC(=O)N(C[C@@H](O)CN2CCOCC2)C1=O. The van der Waals surface area contributed by atoms with Crippen LogP contribution in [0.2, 0.25) is 0 Å². The molecule has 7 heteroatoms. The normalized spacial score (nSPS) is 24.6. The largest absolute Gasteiger partial charge is 0.390 e. The lowest BCUT2D eigenvalue weighted by Crippen LogP contribution is -2.46. The minimum atomic E-state index is -1.14. The van der Waals surface area contributed by atoms with Crippen molar-refractivity contribution >= 4 is 22.7 Å². The molecule has 2 aliphatic heterocycles. The van der Waals surface area contributed by atoms with E-state index in [0.29, 0.717) is 19.8 Å². The van der Waals surface area contributed by atoms with Gasteiger partial charge in [0.1, 0.15) is 5.54 Å². The van der Waals surface area contributed by atoms with Gasteiger partial charge in [-0.15, -0.1) is 0 Å². The Kier molecular flexibility index (Phi) is 5.05. The van der Waals surface area contributed by atoms with Gasteiger partial charge in [-0.05, 0) is 29.3 Å². The van der Waals surface area contributed by atoms with E-state index in [1.807, 2.05) is 42.5 Å². The number of amides is 3. The molecule has 28 heavy (non-hydrogen) atoms. The van der Waals surface area contributed by atoms with E-state index in [9.17, 15) is 14.7 Å². The van der Waals surface area contributed by atoms with Gasteiger partial charge < -0.3 is 15.2 Å². The number of carbonyl (C=O) groups is 2. The highest BCUT2D eigenvalue weighted by Gasteiger charge is 2.49. The molecule has 2 aromatic carbocycles. The third-order valence-corrected chi connectivity index (χ3v) is 5.57. The molecule has 0 aliphatic carbocycles. The smallest absolute Gasteiger partial charge is 0.325 e. The van der Waals surface area contributed by atoms with Crippen LogP contribution in [0.5, 0.6) is 0 Å². The van der Waals surface area contributed by atoms with E-state index in [1.54, 1.807) is 6.92 Å². The van der Waals surface area contributed by atoms with Crippen LogP contribution in [0, 0.1) is 0 Å². The van der Waals surface area contributed by atoms with Crippen LogP contribution >= 0.6 is 0 Å². The molecule has 2 atom stereocenters. The highest BCUT2D eigenvalue weighted by Crippen LogP contribution is 2.31.